The summed E-state index contributed by atoms with van der Waals surface area (Å²) in [5, 5.41) is 2.89. The molecule has 4 aromatic rings. The highest BCUT2D eigenvalue weighted by Crippen LogP contribution is 2.33. The van der Waals surface area contributed by atoms with Crippen molar-refractivity contribution in [2.24, 2.45) is 0 Å². The van der Waals surface area contributed by atoms with Crippen LogP contribution in [0, 0.1) is 6.92 Å². The Bertz CT molecular complexity index is 1420. The molecule has 0 radical (unpaired) electrons. The number of halogens is 1. The Morgan fingerprint density at radius 3 is 2.41 bits per heavy atom. The number of aromatic nitrogens is 2. The molecule has 1 heterocycles. The zero-order valence-corrected chi connectivity index (χ0v) is 20.9. The van der Waals surface area contributed by atoms with E-state index in [1.54, 1.807) is 55.5 Å². The molecule has 9 heteroatoms. The Morgan fingerprint density at radius 1 is 1.03 bits per heavy atom. The average molecular weight is 512 g/mol. The van der Waals surface area contributed by atoms with Crippen LogP contribution < -0.4 is 5.32 Å². The molecule has 0 saturated heterocycles. The minimum Gasteiger partial charge on any atom is -0.325 e. The molecule has 6 nitrogen and oxygen atoms in total. The predicted octanol–water partition coefficient (Wildman–Crippen LogP) is 5.87. The monoisotopic (exact) mass is 511 g/mol. The number of hydrogen-bond donors (Lipinski definition) is 1. The quantitative estimate of drug-likeness (QED) is 0.314. The number of carbonyl (C=O) groups excluding carboxylic acids is 1. The molecule has 0 aliphatic carbocycles. The van der Waals surface area contributed by atoms with E-state index in [4.69, 9.17) is 11.6 Å². The van der Waals surface area contributed by atoms with Crippen LogP contribution in [0.2, 0.25) is 5.02 Å². The fourth-order valence-electron chi connectivity index (χ4n) is 3.27. The lowest BCUT2D eigenvalue weighted by molar-refractivity contribution is -0.115. The summed E-state index contributed by atoms with van der Waals surface area (Å²) >= 11 is 7.07. The maximum atomic E-state index is 13.7. The maximum Gasteiger partial charge on any atom is 0.270 e. The number of aryl methyl sites for hydroxylation is 1. The molecule has 0 saturated carbocycles. The summed E-state index contributed by atoms with van der Waals surface area (Å²) in [4.78, 5) is 17.3. The van der Waals surface area contributed by atoms with Crippen molar-refractivity contribution in [1.29, 1.82) is 0 Å². The van der Waals surface area contributed by atoms with E-state index in [0.29, 0.717) is 22.0 Å². The fraction of sp³-hybridized carbons (Fsp3) is 0.120. The van der Waals surface area contributed by atoms with Crippen LogP contribution in [0.3, 0.4) is 0 Å². The highest BCUT2D eigenvalue weighted by atomic mass is 35.5. The maximum absolute atomic E-state index is 13.7. The Hall–Kier alpha value is -3.07. The van der Waals surface area contributed by atoms with Gasteiger partial charge in [-0.2, -0.15) is 0 Å². The van der Waals surface area contributed by atoms with Crippen LogP contribution in [-0.2, 0) is 14.8 Å². The predicted molar refractivity (Wildman–Crippen MR) is 137 cm³/mol. The zero-order chi connectivity index (χ0) is 24.3. The highest BCUT2D eigenvalue weighted by molar-refractivity contribution is 8.01. The van der Waals surface area contributed by atoms with Crippen molar-refractivity contribution < 1.29 is 13.2 Å². The third-order valence-electron chi connectivity index (χ3n) is 5.06. The van der Waals surface area contributed by atoms with E-state index >= 15 is 0 Å². The van der Waals surface area contributed by atoms with E-state index in [1.807, 2.05) is 37.3 Å². The first kappa shape index (κ1) is 24.1. The van der Waals surface area contributed by atoms with Crippen LogP contribution in [0.25, 0.3) is 11.3 Å². The molecule has 3 aromatic carbocycles. The number of imidazole rings is 1. The minimum atomic E-state index is -3.97. The van der Waals surface area contributed by atoms with Crippen LogP contribution in [0.15, 0.2) is 95.1 Å². The molecular weight excluding hydrogens is 490 g/mol. The SMILES string of the molecule is Cc1ccc(S(=O)(=O)n2c(-c3ccccc3)cnc2S[C@@H](C)C(=O)Nc2cccc(Cl)c2)cc1. The van der Waals surface area contributed by atoms with Gasteiger partial charge in [0.2, 0.25) is 5.91 Å². The lowest BCUT2D eigenvalue weighted by Gasteiger charge is -2.16. The molecule has 1 N–H and O–H groups in total. The normalized spacial score (nSPS) is 12.3. The van der Waals surface area contributed by atoms with Crippen molar-refractivity contribution in [1.82, 2.24) is 8.96 Å². The number of anilines is 1. The highest BCUT2D eigenvalue weighted by Gasteiger charge is 2.28. The van der Waals surface area contributed by atoms with Crippen LogP contribution in [0.4, 0.5) is 5.69 Å². The van der Waals surface area contributed by atoms with Crippen LogP contribution in [0.5, 0.6) is 0 Å². The van der Waals surface area contributed by atoms with E-state index in [-0.39, 0.29) is 16.0 Å². The summed E-state index contributed by atoms with van der Waals surface area (Å²) in [6, 6.07) is 22.6. The summed E-state index contributed by atoms with van der Waals surface area (Å²) in [7, 11) is -3.97. The van der Waals surface area contributed by atoms with Crippen molar-refractivity contribution >= 4 is 45.0 Å². The number of carbonyl (C=O) groups is 1. The first-order valence-electron chi connectivity index (χ1n) is 10.4. The zero-order valence-electron chi connectivity index (χ0n) is 18.5. The fourth-order valence-corrected chi connectivity index (χ4v) is 6.03. The molecule has 0 bridgehead atoms. The molecule has 174 valence electrons. The molecule has 34 heavy (non-hydrogen) atoms. The number of amides is 1. The molecule has 4 rings (SSSR count). The minimum absolute atomic E-state index is 0.145. The molecular formula is C25H22ClN3O3S2. The van der Waals surface area contributed by atoms with Gasteiger partial charge in [-0.15, -0.1) is 0 Å². The second kappa shape index (κ2) is 10.0. The van der Waals surface area contributed by atoms with Gasteiger partial charge in [0, 0.05) is 16.3 Å². The number of hydrogen-bond acceptors (Lipinski definition) is 5. The summed E-state index contributed by atoms with van der Waals surface area (Å²) in [5.41, 5.74) is 2.64. The van der Waals surface area contributed by atoms with Crippen molar-refractivity contribution in [3.63, 3.8) is 0 Å². The summed E-state index contributed by atoms with van der Waals surface area (Å²) in [6.07, 6.45) is 1.52. The van der Waals surface area contributed by atoms with E-state index in [2.05, 4.69) is 10.3 Å². The van der Waals surface area contributed by atoms with Gasteiger partial charge in [-0.25, -0.2) is 17.4 Å². The standard InChI is InChI=1S/C25H22ClN3O3S2/c1-17-11-13-22(14-12-17)34(31,32)29-23(19-7-4-3-5-8-19)16-27-25(29)33-18(2)24(30)28-21-10-6-9-20(26)15-21/h3-16,18H,1-2H3,(H,28,30)/t18-/m0/s1. The Balaban J connectivity index is 1.71. The van der Waals surface area contributed by atoms with Crippen molar-refractivity contribution in [3.8, 4) is 11.3 Å². The van der Waals surface area contributed by atoms with Crippen LogP contribution >= 0.6 is 23.4 Å². The second-order valence-electron chi connectivity index (χ2n) is 7.63. The van der Waals surface area contributed by atoms with Gasteiger partial charge in [0.15, 0.2) is 5.16 Å². The third-order valence-corrected chi connectivity index (χ3v) is 8.20. The first-order valence-corrected chi connectivity index (χ1v) is 13.1. The van der Waals surface area contributed by atoms with Gasteiger partial charge < -0.3 is 5.32 Å². The molecule has 0 unspecified atom stereocenters. The molecule has 1 atom stereocenters. The molecule has 0 spiro atoms. The van der Waals surface area contributed by atoms with Gasteiger partial charge in [-0.05, 0) is 44.2 Å². The van der Waals surface area contributed by atoms with E-state index in [9.17, 15) is 13.2 Å². The van der Waals surface area contributed by atoms with Gasteiger partial charge in [0.25, 0.3) is 10.0 Å². The van der Waals surface area contributed by atoms with Gasteiger partial charge in [-0.1, -0.05) is 77.5 Å². The number of nitrogens with one attached hydrogen (secondary N) is 1. The van der Waals surface area contributed by atoms with Gasteiger partial charge in [-0.3, -0.25) is 4.79 Å². The molecule has 0 fully saturated rings. The Kier molecular flexibility index (Phi) is 7.11. The summed E-state index contributed by atoms with van der Waals surface area (Å²) in [6.45, 7) is 3.59. The number of rotatable bonds is 7. The number of nitrogens with zero attached hydrogens (tertiary/aromatic N) is 2. The van der Waals surface area contributed by atoms with E-state index in [0.717, 1.165) is 17.3 Å². The van der Waals surface area contributed by atoms with Gasteiger partial charge in [0.05, 0.1) is 22.0 Å². The second-order valence-corrected chi connectivity index (χ2v) is 11.2. The van der Waals surface area contributed by atoms with Crippen molar-refractivity contribution in [2.45, 2.75) is 29.1 Å². The van der Waals surface area contributed by atoms with Gasteiger partial charge in [0.1, 0.15) is 0 Å². The third kappa shape index (κ3) is 5.19. The molecule has 0 aliphatic heterocycles. The number of thioether (sulfide) groups is 1. The van der Waals surface area contributed by atoms with Gasteiger partial charge >= 0.3 is 0 Å². The Labute approximate surface area is 208 Å². The lowest BCUT2D eigenvalue weighted by atomic mass is 10.2. The van der Waals surface area contributed by atoms with E-state index < -0.39 is 15.3 Å². The van der Waals surface area contributed by atoms with E-state index in [1.165, 1.54) is 10.2 Å². The number of benzene rings is 3. The molecule has 0 aliphatic rings. The lowest BCUT2D eigenvalue weighted by Crippen LogP contribution is -2.24. The van der Waals surface area contributed by atoms with Crippen molar-refractivity contribution in [2.75, 3.05) is 5.32 Å². The molecule has 1 aromatic heterocycles. The Morgan fingerprint density at radius 2 is 1.74 bits per heavy atom. The van der Waals surface area contributed by atoms with Crippen LogP contribution in [-0.4, -0.2) is 28.5 Å². The summed E-state index contributed by atoms with van der Waals surface area (Å²) < 4.78 is 28.6. The largest absolute Gasteiger partial charge is 0.325 e. The molecule has 1 amide bonds. The smallest absolute Gasteiger partial charge is 0.270 e. The average Bonchev–Trinajstić information content (AvgIpc) is 3.24. The summed E-state index contributed by atoms with van der Waals surface area (Å²) in [5.74, 6) is -0.296. The topological polar surface area (TPSA) is 81.1 Å². The van der Waals surface area contributed by atoms with Crippen LogP contribution in [0.1, 0.15) is 12.5 Å². The van der Waals surface area contributed by atoms with Crippen molar-refractivity contribution in [3.05, 3.63) is 95.6 Å². The first-order chi connectivity index (χ1) is 16.3.